The minimum absolute atomic E-state index is 0.270. The summed E-state index contributed by atoms with van der Waals surface area (Å²) in [6, 6.07) is 15.7. The second kappa shape index (κ2) is 4.37. The summed E-state index contributed by atoms with van der Waals surface area (Å²) >= 11 is 0. The number of ether oxygens (including phenoxy) is 1. The molecule has 0 fully saturated rings. The molecule has 0 saturated carbocycles. The van der Waals surface area contributed by atoms with Crippen molar-refractivity contribution < 1.29 is 9.53 Å². The second-order valence-corrected chi connectivity index (χ2v) is 5.32. The van der Waals surface area contributed by atoms with Crippen molar-refractivity contribution in [1.29, 1.82) is 0 Å². The summed E-state index contributed by atoms with van der Waals surface area (Å²) in [7, 11) is 1.95. The Labute approximate surface area is 118 Å². The van der Waals surface area contributed by atoms with Gasteiger partial charge < -0.3 is 9.64 Å². The van der Waals surface area contributed by atoms with Gasteiger partial charge in [-0.3, -0.25) is 0 Å². The fourth-order valence-corrected chi connectivity index (χ4v) is 2.64. The largest absolute Gasteiger partial charge is 0.431 e. The van der Waals surface area contributed by atoms with Crippen LogP contribution in [-0.4, -0.2) is 13.0 Å². The summed E-state index contributed by atoms with van der Waals surface area (Å²) < 4.78 is 5.74. The highest BCUT2D eigenvalue weighted by Crippen LogP contribution is 2.40. The molecule has 1 heterocycles. The average molecular weight is 267 g/mol. The second-order valence-electron chi connectivity index (χ2n) is 5.32. The Morgan fingerprint density at radius 1 is 1.10 bits per heavy atom. The van der Waals surface area contributed by atoms with Crippen LogP contribution in [0.1, 0.15) is 28.4 Å². The van der Waals surface area contributed by atoms with Crippen LogP contribution in [0.3, 0.4) is 0 Å². The number of anilines is 1. The molecule has 0 unspecified atom stereocenters. The normalized spacial score (nSPS) is 21.4. The van der Waals surface area contributed by atoms with E-state index >= 15 is 0 Å². The molecule has 20 heavy (non-hydrogen) atoms. The van der Waals surface area contributed by atoms with Crippen molar-refractivity contribution in [2.75, 3.05) is 11.9 Å². The molecule has 0 saturated heterocycles. The molecule has 2 aromatic carbocycles. The molecule has 0 amide bonds. The highest BCUT2D eigenvalue weighted by Gasteiger charge is 2.41. The highest BCUT2D eigenvalue weighted by atomic mass is 16.6. The third-order valence-electron chi connectivity index (χ3n) is 3.97. The first-order valence-electron chi connectivity index (χ1n) is 6.66. The van der Waals surface area contributed by atoms with E-state index in [1.54, 1.807) is 0 Å². The molecular formula is C17H17NO2. The van der Waals surface area contributed by atoms with Crippen LogP contribution in [0.15, 0.2) is 48.5 Å². The summed E-state index contributed by atoms with van der Waals surface area (Å²) in [5.41, 5.74) is 2.76. The van der Waals surface area contributed by atoms with E-state index in [4.69, 9.17) is 4.74 Å². The van der Waals surface area contributed by atoms with Gasteiger partial charge >= 0.3 is 5.97 Å². The molecule has 3 nitrogen and oxygen atoms in total. The van der Waals surface area contributed by atoms with E-state index in [1.807, 2.05) is 74.3 Å². The zero-order valence-electron chi connectivity index (χ0n) is 11.9. The van der Waals surface area contributed by atoms with Gasteiger partial charge in [-0.05, 0) is 26.0 Å². The molecule has 102 valence electrons. The molecule has 0 aliphatic carbocycles. The van der Waals surface area contributed by atoms with Crippen molar-refractivity contribution in [3.05, 3.63) is 65.2 Å². The van der Waals surface area contributed by atoms with E-state index in [2.05, 4.69) is 0 Å². The number of cyclic esters (lactones) is 1. The molecule has 0 N–H and O–H groups in total. The lowest BCUT2D eigenvalue weighted by Crippen LogP contribution is -2.49. The van der Waals surface area contributed by atoms with E-state index < -0.39 is 5.72 Å². The first-order chi connectivity index (χ1) is 9.52. The van der Waals surface area contributed by atoms with Crippen LogP contribution in [0.5, 0.6) is 0 Å². The zero-order valence-corrected chi connectivity index (χ0v) is 11.9. The monoisotopic (exact) mass is 267 g/mol. The summed E-state index contributed by atoms with van der Waals surface area (Å²) in [6.45, 7) is 3.89. The summed E-state index contributed by atoms with van der Waals surface area (Å²) in [5, 5.41) is 0. The summed E-state index contributed by atoms with van der Waals surface area (Å²) in [4.78, 5) is 14.3. The highest BCUT2D eigenvalue weighted by molar-refractivity contribution is 5.98. The minimum Gasteiger partial charge on any atom is -0.431 e. The van der Waals surface area contributed by atoms with Gasteiger partial charge in [0.15, 0.2) is 0 Å². The Morgan fingerprint density at radius 3 is 2.50 bits per heavy atom. The molecule has 3 heteroatoms. The van der Waals surface area contributed by atoms with Crippen molar-refractivity contribution in [3.8, 4) is 0 Å². The predicted molar refractivity (Wildman–Crippen MR) is 78.8 cm³/mol. The molecule has 0 aromatic heterocycles. The topological polar surface area (TPSA) is 29.5 Å². The summed E-state index contributed by atoms with van der Waals surface area (Å²) in [6.07, 6.45) is 0. The maximum Gasteiger partial charge on any atom is 0.342 e. The number of carbonyl (C=O) groups excluding carboxylic acids is 1. The third kappa shape index (κ3) is 1.78. The van der Waals surface area contributed by atoms with E-state index in [9.17, 15) is 4.79 Å². The quantitative estimate of drug-likeness (QED) is 0.741. The molecule has 3 rings (SSSR count). The van der Waals surface area contributed by atoms with Gasteiger partial charge in [-0.1, -0.05) is 42.0 Å². The van der Waals surface area contributed by atoms with Crippen LogP contribution in [-0.2, 0) is 10.5 Å². The van der Waals surface area contributed by atoms with Gasteiger partial charge in [0.2, 0.25) is 5.72 Å². The van der Waals surface area contributed by atoms with E-state index in [0.717, 1.165) is 16.8 Å². The molecule has 1 aliphatic heterocycles. The third-order valence-corrected chi connectivity index (χ3v) is 3.97. The number of benzene rings is 2. The lowest BCUT2D eigenvalue weighted by atomic mass is 9.98. The van der Waals surface area contributed by atoms with Crippen LogP contribution >= 0.6 is 0 Å². The van der Waals surface area contributed by atoms with Gasteiger partial charge in [-0.15, -0.1) is 0 Å². The Kier molecular flexibility index (Phi) is 2.78. The molecular weight excluding hydrogens is 250 g/mol. The molecule has 1 aliphatic rings. The maximum atomic E-state index is 12.3. The van der Waals surface area contributed by atoms with Crippen LogP contribution in [0.2, 0.25) is 0 Å². The molecule has 0 spiro atoms. The van der Waals surface area contributed by atoms with Crippen LogP contribution < -0.4 is 4.90 Å². The van der Waals surface area contributed by atoms with Gasteiger partial charge in [-0.25, -0.2) is 4.79 Å². The zero-order chi connectivity index (χ0) is 14.3. The number of fused-ring (bicyclic) bond motifs is 1. The standard InChI is InChI=1S/C17H17NO2/c1-12-9-10-15-14(11-12)16(19)20-17(2,18(15)3)13-7-5-4-6-8-13/h4-11H,1-3H3/t17-/m1/s1. The van der Waals surface area contributed by atoms with Crippen molar-refractivity contribution in [3.63, 3.8) is 0 Å². The van der Waals surface area contributed by atoms with Crippen LogP contribution in [0.4, 0.5) is 5.69 Å². The van der Waals surface area contributed by atoms with Gasteiger partial charge in [-0.2, -0.15) is 0 Å². The Bertz CT molecular complexity index is 666. The average Bonchev–Trinajstić information content (AvgIpc) is 2.46. The first kappa shape index (κ1) is 12.7. The van der Waals surface area contributed by atoms with Crippen molar-refractivity contribution in [1.82, 2.24) is 0 Å². The molecule has 2 aromatic rings. The first-order valence-corrected chi connectivity index (χ1v) is 6.66. The van der Waals surface area contributed by atoms with E-state index in [-0.39, 0.29) is 5.97 Å². The fourth-order valence-electron chi connectivity index (χ4n) is 2.64. The minimum atomic E-state index is -0.777. The number of esters is 1. The molecule has 1 atom stereocenters. The number of rotatable bonds is 1. The fraction of sp³-hybridized carbons (Fsp3) is 0.235. The summed E-state index contributed by atoms with van der Waals surface area (Å²) in [5.74, 6) is -0.270. The van der Waals surface area contributed by atoms with Gasteiger partial charge in [0.25, 0.3) is 0 Å². The predicted octanol–water partition coefficient (Wildman–Crippen LogP) is 3.47. The Hall–Kier alpha value is -2.29. The Morgan fingerprint density at radius 2 is 1.80 bits per heavy atom. The van der Waals surface area contributed by atoms with Gasteiger partial charge in [0.1, 0.15) is 0 Å². The maximum absolute atomic E-state index is 12.3. The smallest absolute Gasteiger partial charge is 0.342 e. The molecule has 0 bridgehead atoms. The lowest BCUT2D eigenvalue weighted by molar-refractivity contribution is -0.0165. The van der Waals surface area contributed by atoms with Crippen LogP contribution in [0, 0.1) is 6.92 Å². The van der Waals surface area contributed by atoms with Crippen molar-refractivity contribution in [2.24, 2.45) is 0 Å². The van der Waals surface area contributed by atoms with Crippen molar-refractivity contribution >= 4 is 11.7 Å². The van der Waals surface area contributed by atoms with E-state index in [0.29, 0.717) is 5.56 Å². The molecule has 0 radical (unpaired) electrons. The number of aryl methyl sites for hydroxylation is 1. The number of nitrogens with zero attached hydrogens (tertiary/aromatic N) is 1. The van der Waals surface area contributed by atoms with Crippen LogP contribution in [0.25, 0.3) is 0 Å². The van der Waals surface area contributed by atoms with Gasteiger partial charge in [0.05, 0.1) is 11.3 Å². The lowest BCUT2D eigenvalue weighted by Gasteiger charge is -2.44. The van der Waals surface area contributed by atoms with E-state index in [1.165, 1.54) is 0 Å². The van der Waals surface area contributed by atoms with Gasteiger partial charge in [0, 0.05) is 12.6 Å². The number of hydrogen-bond donors (Lipinski definition) is 0. The SMILES string of the molecule is Cc1ccc2c(c1)C(=O)O[C@](C)(c1ccccc1)N2C. The van der Waals surface area contributed by atoms with Crippen molar-refractivity contribution in [2.45, 2.75) is 19.6 Å². The Balaban J connectivity index is 2.14. The number of carbonyl (C=O) groups is 1. The number of hydrogen-bond acceptors (Lipinski definition) is 3.